The number of aliphatic hydroxyl groups excluding tert-OH is 1. The molecule has 1 aliphatic heterocycles. The predicted molar refractivity (Wildman–Crippen MR) is 137 cm³/mol. The molecule has 1 saturated heterocycles. The number of anilines is 2. The van der Waals surface area contributed by atoms with Gasteiger partial charge in [0, 0.05) is 37.0 Å². The maximum absolute atomic E-state index is 9.65. The maximum atomic E-state index is 9.65. The zero-order valence-electron chi connectivity index (χ0n) is 19.2. The van der Waals surface area contributed by atoms with Crippen molar-refractivity contribution >= 4 is 44.0 Å². The van der Waals surface area contributed by atoms with Crippen LogP contribution in [0, 0.1) is 0 Å². The first-order valence-corrected chi connectivity index (χ1v) is 12.4. The van der Waals surface area contributed by atoms with Gasteiger partial charge in [-0.3, -0.25) is 4.68 Å². The van der Waals surface area contributed by atoms with Crippen LogP contribution in [0.25, 0.3) is 32.2 Å². The molecule has 0 unspecified atom stereocenters. The third kappa shape index (κ3) is 4.43. The van der Waals surface area contributed by atoms with Crippen molar-refractivity contribution in [3.63, 3.8) is 0 Å². The number of aromatic nitrogens is 5. The average molecular weight is 488 g/mol. The highest BCUT2D eigenvalue weighted by atomic mass is 32.1. The Balaban J connectivity index is 1.44. The molecule has 0 spiro atoms. The van der Waals surface area contributed by atoms with Crippen molar-refractivity contribution in [2.45, 2.75) is 25.0 Å². The Morgan fingerprint density at radius 2 is 2.11 bits per heavy atom. The molecular formula is C25H25N7O2S. The van der Waals surface area contributed by atoms with E-state index in [9.17, 15) is 5.11 Å². The Morgan fingerprint density at radius 3 is 2.97 bits per heavy atom. The number of piperidine rings is 1. The highest BCUT2D eigenvalue weighted by molar-refractivity contribution is 7.16. The van der Waals surface area contributed by atoms with Crippen molar-refractivity contribution in [1.29, 1.82) is 0 Å². The molecule has 35 heavy (non-hydrogen) atoms. The predicted octanol–water partition coefficient (Wildman–Crippen LogP) is 3.88. The lowest BCUT2D eigenvalue weighted by Gasteiger charge is -2.30. The molecule has 0 radical (unpaired) electrons. The number of aliphatic hydroxyl groups is 1. The van der Waals surface area contributed by atoms with E-state index in [1.165, 1.54) is 0 Å². The molecule has 0 aliphatic carbocycles. The fraction of sp³-hybridized carbons (Fsp3) is 0.280. The summed E-state index contributed by atoms with van der Waals surface area (Å²) >= 11 is 1.60. The van der Waals surface area contributed by atoms with Gasteiger partial charge in [0.25, 0.3) is 0 Å². The van der Waals surface area contributed by atoms with Crippen LogP contribution in [0.2, 0.25) is 0 Å². The van der Waals surface area contributed by atoms with Crippen molar-refractivity contribution in [2.75, 3.05) is 18.5 Å². The second-order valence-electron chi connectivity index (χ2n) is 8.75. The van der Waals surface area contributed by atoms with E-state index < -0.39 is 0 Å². The highest BCUT2D eigenvalue weighted by Gasteiger charge is 2.24. The minimum absolute atomic E-state index is 0.0256. The van der Waals surface area contributed by atoms with Crippen LogP contribution >= 0.6 is 11.3 Å². The van der Waals surface area contributed by atoms with E-state index in [4.69, 9.17) is 4.74 Å². The van der Waals surface area contributed by atoms with Gasteiger partial charge in [0.15, 0.2) is 0 Å². The van der Waals surface area contributed by atoms with E-state index in [-0.39, 0.29) is 18.8 Å². The third-order valence-corrected chi connectivity index (χ3v) is 7.09. The van der Waals surface area contributed by atoms with E-state index in [0.29, 0.717) is 11.6 Å². The minimum atomic E-state index is -0.0256. The molecule has 0 saturated carbocycles. The number of rotatable bonds is 6. The standard InChI is InChI=1S/C25H25N7O2S/c1-32-11-16(10-30-32)15-6-21-24(22(7-15)34-19-4-5-26-18(8-19)12-33)25(28-13-27-21)31-17-2-3-20-23(9-17)35-14-29-20/h2-3,6-7,9-11,13-14,18-19,26,33H,4-5,8,12H2,1H3,(H,27,28,31)/t18-,19-/m0/s1. The molecule has 0 amide bonds. The van der Waals surface area contributed by atoms with Crippen LogP contribution in [0.15, 0.2) is 54.6 Å². The van der Waals surface area contributed by atoms with Crippen LogP contribution in [0.1, 0.15) is 12.8 Å². The molecule has 3 N–H and O–H groups in total. The molecule has 1 aliphatic rings. The molecule has 0 bridgehead atoms. The molecule has 9 nitrogen and oxygen atoms in total. The van der Waals surface area contributed by atoms with E-state index in [2.05, 4.69) is 36.8 Å². The first-order chi connectivity index (χ1) is 17.2. The van der Waals surface area contributed by atoms with Gasteiger partial charge >= 0.3 is 0 Å². The summed E-state index contributed by atoms with van der Waals surface area (Å²) in [6.07, 6.45) is 6.94. The molecule has 5 aromatic rings. The molecule has 2 atom stereocenters. The zero-order valence-corrected chi connectivity index (χ0v) is 20.0. The van der Waals surface area contributed by atoms with Gasteiger partial charge in [-0.15, -0.1) is 11.3 Å². The number of nitrogens with one attached hydrogen (secondary N) is 2. The molecule has 1 fully saturated rings. The van der Waals surface area contributed by atoms with Gasteiger partial charge in [0.2, 0.25) is 0 Å². The van der Waals surface area contributed by atoms with Gasteiger partial charge in [-0.05, 0) is 48.9 Å². The van der Waals surface area contributed by atoms with E-state index in [1.807, 2.05) is 49.2 Å². The summed E-state index contributed by atoms with van der Waals surface area (Å²) in [7, 11) is 1.90. The Labute approximate surface area is 205 Å². The van der Waals surface area contributed by atoms with Crippen molar-refractivity contribution in [2.24, 2.45) is 7.05 Å². The minimum Gasteiger partial charge on any atom is -0.489 e. The molecular weight excluding hydrogens is 462 g/mol. The van der Waals surface area contributed by atoms with Crippen LogP contribution in [0.3, 0.4) is 0 Å². The summed E-state index contributed by atoms with van der Waals surface area (Å²) in [5.74, 6) is 1.39. The van der Waals surface area contributed by atoms with E-state index >= 15 is 0 Å². The fourth-order valence-corrected chi connectivity index (χ4v) is 5.26. The Bertz CT molecular complexity index is 1500. The lowest BCUT2D eigenvalue weighted by atomic mass is 10.0. The molecule has 3 aromatic heterocycles. The number of ether oxygens (including phenoxy) is 1. The molecule has 2 aromatic carbocycles. The monoisotopic (exact) mass is 487 g/mol. The van der Waals surface area contributed by atoms with Gasteiger partial charge in [-0.25, -0.2) is 15.0 Å². The lowest BCUT2D eigenvalue weighted by Crippen LogP contribution is -2.44. The third-order valence-electron chi connectivity index (χ3n) is 6.29. The number of thiazole rings is 1. The first kappa shape index (κ1) is 21.9. The highest BCUT2D eigenvalue weighted by Crippen LogP contribution is 2.37. The van der Waals surface area contributed by atoms with Gasteiger partial charge < -0.3 is 20.5 Å². The fourth-order valence-electron chi connectivity index (χ4n) is 4.54. The van der Waals surface area contributed by atoms with Crippen molar-refractivity contribution in [3.8, 4) is 16.9 Å². The van der Waals surface area contributed by atoms with E-state index in [0.717, 1.165) is 57.3 Å². The van der Waals surface area contributed by atoms with Crippen LogP contribution in [0.4, 0.5) is 11.5 Å². The Morgan fingerprint density at radius 1 is 1.17 bits per heavy atom. The SMILES string of the molecule is Cn1cc(-c2cc(O[C@H]3CCN[C@H](CO)C3)c3c(Nc4ccc5ncsc5c4)ncnc3c2)cn1. The average Bonchev–Trinajstić information content (AvgIpc) is 3.52. The summed E-state index contributed by atoms with van der Waals surface area (Å²) in [6, 6.07) is 10.2. The van der Waals surface area contributed by atoms with Gasteiger partial charge in [-0.1, -0.05) is 0 Å². The van der Waals surface area contributed by atoms with Crippen molar-refractivity contribution < 1.29 is 9.84 Å². The van der Waals surface area contributed by atoms with Crippen molar-refractivity contribution in [1.82, 2.24) is 30.0 Å². The number of nitrogens with zero attached hydrogens (tertiary/aromatic N) is 5. The van der Waals surface area contributed by atoms with Gasteiger partial charge in [0.05, 0.1) is 39.4 Å². The number of fused-ring (bicyclic) bond motifs is 2. The lowest BCUT2D eigenvalue weighted by molar-refractivity contribution is 0.115. The Kier molecular flexibility index (Phi) is 5.77. The normalized spacial score (nSPS) is 18.2. The topological polar surface area (TPSA) is 110 Å². The maximum Gasteiger partial charge on any atom is 0.145 e. The van der Waals surface area contributed by atoms with Crippen LogP contribution in [0.5, 0.6) is 5.75 Å². The summed E-state index contributed by atoms with van der Waals surface area (Å²) in [4.78, 5) is 13.5. The second-order valence-corrected chi connectivity index (χ2v) is 9.64. The quantitative estimate of drug-likeness (QED) is 0.331. The summed E-state index contributed by atoms with van der Waals surface area (Å²) in [5, 5.41) is 21.6. The molecule has 178 valence electrons. The van der Waals surface area contributed by atoms with Crippen LogP contribution < -0.4 is 15.4 Å². The number of benzene rings is 2. The summed E-state index contributed by atoms with van der Waals surface area (Å²) < 4.78 is 9.48. The van der Waals surface area contributed by atoms with Crippen LogP contribution in [-0.2, 0) is 7.05 Å². The number of hydrogen-bond donors (Lipinski definition) is 3. The summed E-state index contributed by atoms with van der Waals surface area (Å²) in [6.45, 7) is 0.888. The molecule has 6 rings (SSSR count). The number of hydrogen-bond acceptors (Lipinski definition) is 9. The van der Waals surface area contributed by atoms with Gasteiger partial charge in [0.1, 0.15) is 24.0 Å². The first-order valence-electron chi connectivity index (χ1n) is 11.6. The number of aryl methyl sites for hydroxylation is 1. The largest absolute Gasteiger partial charge is 0.489 e. The molecule has 4 heterocycles. The Hall–Kier alpha value is -3.60. The summed E-state index contributed by atoms with van der Waals surface area (Å²) in [5.41, 5.74) is 6.49. The zero-order chi connectivity index (χ0) is 23.8. The smallest absolute Gasteiger partial charge is 0.145 e. The second kappa shape index (κ2) is 9.21. The van der Waals surface area contributed by atoms with Crippen molar-refractivity contribution in [3.05, 3.63) is 54.6 Å². The van der Waals surface area contributed by atoms with E-state index in [1.54, 1.807) is 22.3 Å². The molecule has 10 heteroatoms. The van der Waals surface area contributed by atoms with Crippen LogP contribution in [-0.4, -0.2) is 55.1 Å². The van der Waals surface area contributed by atoms with Gasteiger partial charge in [-0.2, -0.15) is 5.10 Å².